The minimum atomic E-state index is -0.608. The normalized spacial score (nSPS) is 45.8. The molecule has 0 amide bonds. The summed E-state index contributed by atoms with van der Waals surface area (Å²) in [6, 6.07) is 0. The number of carbonyl (C=O) groups excluding carboxylic acids is 2. The van der Waals surface area contributed by atoms with E-state index in [9.17, 15) is 9.59 Å². The van der Waals surface area contributed by atoms with E-state index in [1.54, 1.807) is 0 Å². The van der Waals surface area contributed by atoms with E-state index in [4.69, 9.17) is 4.74 Å². The lowest BCUT2D eigenvalue weighted by molar-refractivity contribution is -0.177. The van der Waals surface area contributed by atoms with Gasteiger partial charge in [0.2, 0.25) is 0 Å². The van der Waals surface area contributed by atoms with Gasteiger partial charge in [-0.3, -0.25) is 9.59 Å². The summed E-state index contributed by atoms with van der Waals surface area (Å²) in [5, 5.41) is 0. The molecule has 0 spiro atoms. The summed E-state index contributed by atoms with van der Waals surface area (Å²) in [5.41, 5.74) is 1.98. The topological polar surface area (TPSA) is 43.4 Å². The maximum atomic E-state index is 12.9. The molecular formula is C17H24O3. The van der Waals surface area contributed by atoms with Gasteiger partial charge in [-0.1, -0.05) is 18.1 Å². The van der Waals surface area contributed by atoms with Gasteiger partial charge < -0.3 is 4.74 Å². The average molecular weight is 276 g/mol. The quantitative estimate of drug-likeness (QED) is 0.546. The lowest BCUT2D eigenvalue weighted by atomic mass is 9.47. The fraction of sp³-hybridized carbons (Fsp3) is 0.765. The first kappa shape index (κ1) is 13.8. The number of esters is 1. The van der Waals surface area contributed by atoms with Crippen LogP contribution in [-0.4, -0.2) is 18.9 Å². The van der Waals surface area contributed by atoms with Gasteiger partial charge in [0.1, 0.15) is 5.78 Å². The van der Waals surface area contributed by atoms with Crippen LogP contribution in [0.2, 0.25) is 0 Å². The lowest BCUT2D eigenvalue weighted by Gasteiger charge is -2.54. The second kappa shape index (κ2) is 3.96. The standard InChI is InChI=1S/C17H24O3/c1-9(2)11-7-16(3)13-8-17(4,15(19)20-5)12(14(16)18)6-10(11)13/h10,12-13H,6-8H2,1-5H3/t10?,12?,13?,16-,17+/m1/s1. The van der Waals surface area contributed by atoms with E-state index < -0.39 is 5.41 Å². The molecule has 0 saturated heterocycles. The summed E-state index contributed by atoms with van der Waals surface area (Å²) < 4.78 is 4.99. The average Bonchev–Trinajstić information content (AvgIpc) is 2.63. The zero-order valence-corrected chi connectivity index (χ0v) is 13.1. The van der Waals surface area contributed by atoms with Gasteiger partial charge in [-0.2, -0.15) is 0 Å². The number of ketones is 1. The molecule has 3 nitrogen and oxygen atoms in total. The number of hydrogen-bond donors (Lipinski definition) is 0. The molecule has 0 aromatic rings. The molecule has 4 fully saturated rings. The van der Waals surface area contributed by atoms with Crippen molar-refractivity contribution in [1.82, 2.24) is 0 Å². The zero-order valence-electron chi connectivity index (χ0n) is 13.1. The molecule has 20 heavy (non-hydrogen) atoms. The van der Waals surface area contributed by atoms with Crippen LogP contribution < -0.4 is 0 Å². The van der Waals surface area contributed by atoms with E-state index in [0.717, 1.165) is 19.3 Å². The fourth-order valence-corrected chi connectivity index (χ4v) is 5.20. The fourth-order valence-electron chi connectivity index (χ4n) is 5.20. The highest BCUT2D eigenvalue weighted by Crippen LogP contribution is 2.68. The van der Waals surface area contributed by atoms with Crippen molar-refractivity contribution >= 4 is 11.8 Å². The highest BCUT2D eigenvalue weighted by Gasteiger charge is 2.68. The molecule has 4 aliphatic carbocycles. The molecule has 4 bridgehead atoms. The van der Waals surface area contributed by atoms with Crippen LogP contribution in [0.1, 0.15) is 47.0 Å². The van der Waals surface area contributed by atoms with Crippen molar-refractivity contribution in [3.05, 3.63) is 11.1 Å². The van der Waals surface area contributed by atoms with Gasteiger partial charge in [-0.25, -0.2) is 0 Å². The van der Waals surface area contributed by atoms with Gasteiger partial charge in [-0.05, 0) is 51.9 Å². The van der Waals surface area contributed by atoms with Gasteiger partial charge >= 0.3 is 5.97 Å². The summed E-state index contributed by atoms with van der Waals surface area (Å²) in [6.07, 6.45) is 2.54. The summed E-state index contributed by atoms with van der Waals surface area (Å²) >= 11 is 0. The van der Waals surface area contributed by atoms with Crippen LogP contribution >= 0.6 is 0 Å². The van der Waals surface area contributed by atoms with Crippen molar-refractivity contribution in [3.8, 4) is 0 Å². The van der Waals surface area contributed by atoms with Crippen molar-refractivity contribution in [2.75, 3.05) is 7.11 Å². The SMILES string of the molecule is COC(=O)[C@@]1(C)CC2C3CC1C(=O)[C@]2(C)CC3=C(C)C. The van der Waals surface area contributed by atoms with E-state index in [-0.39, 0.29) is 17.3 Å². The second-order valence-electron chi connectivity index (χ2n) is 7.60. The molecule has 4 aliphatic rings. The van der Waals surface area contributed by atoms with E-state index in [2.05, 4.69) is 20.8 Å². The van der Waals surface area contributed by atoms with Crippen LogP contribution in [0.4, 0.5) is 0 Å². The van der Waals surface area contributed by atoms with E-state index in [0.29, 0.717) is 17.6 Å². The first-order chi connectivity index (χ1) is 9.25. The molecule has 3 heteroatoms. The van der Waals surface area contributed by atoms with Gasteiger partial charge in [0.05, 0.1) is 12.5 Å². The molecule has 0 aromatic heterocycles. The number of ether oxygens (including phenoxy) is 1. The van der Waals surface area contributed by atoms with Gasteiger partial charge in [0, 0.05) is 11.3 Å². The van der Waals surface area contributed by atoms with Crippen LogP contribution in [0.5, 0.6) is 0 Å². The number of fused-ring (bicyclic) bond motifs is 1. The summed E-state index contributed by atoms with van der Waals surface area (Å²) in [4.78, 5) is 25.1. The molecule has 0 radical (unpaired) electrons. The molecule has 4 rings (SSSR count). The van der Waals surface area contributed by atoms with Crippen molar-refractivity contribution in [1.29, 1.82) is 0 Å². The molecule has 0 aliphatic heterocycles. The number of allylic oxidation sites excluding steroid dienone is 2. The molecule has 0 N–H and O–H groups in total. The molecule has 4 saturated carbocycles. The predicted octanol–water partition coefficient (Wildman–Crippen LogP) is 3.14. The third-order valence-electron chi connectivity index (χ3n) is 6.39. The van der Waals surface area contributed by atoms with E-state index in [1.165, 1.54) is 18.3 Å². The van der Waals surface area contributed by atoms with Crippen LogP contribution in [0.3, 0.4) is 0 Å². The molecule has 0 heterocycles. The molecular weight excluding hydrogens is 252 g/mol. The van der Waals surface area contributed by atoms with E-state index in [1.807, 2.05) is 6.92 Å². The number of Topliss-reactive ketones (excluding diaryl/α,β-unsaturated/α-hetero) is 1. The van der Waals surface area contributed by atoms with Crippen molar-refractivity contribution in [2.24, 2.45) is 28.6 Å². The van der Waals surface area contributed by atoms with Crippen LogP contribution in [0, 0.1) is 28.6 Å². The van der Waals surface area contributed by atoms with Gasteiger partial charge in [-0.15, -0.1) is 0 Å². The smallest absolute Gasteiger partial charge is 0.312 e. The molecule has 110 valence electrons. The largest absolute Gasteiger partial charge is 0.469 e. The maximum Gasteiger partial charge on any atom is 0.312 e. The molecule has 0 aromatic carbocycles. The van der Waals surface area contributed by atoms with Crippen molar-refractivity contribution < 1.29 is 14.3 Å². The van der Waals surface area contributed by atoms with Crippen LogP contribution in [-0.2, 0) is 14.3 Å². The third kappa shape index (κ3) is 1.41. The Morgan fingerprint density at radius 1 is 1.30 bits per heavy atom. The molecule has 5 atom stereocenters. The Labute approximate surface area is 120 Å². The number of methoxy groups -OCH3 is 1. The Morgan fingerprint density at radius 3 is 2.50 bits per heavy atom. The summed E-state index contributed by atoms with van der Waals surface area (Å²) in [7, 11) is 1.43. The lowest BCUT2D eigenvalue weighted by Crippen LogP contribution is -2.59. The van der Waals surface area contributed by atoms with Crippen LogP contribution in [0.25, 0.3) is 0 Å². The van der Waals surface area contributed by atoms with Gasteiger partial charge in [0.25, 0.3) is 0 Å². The van der Waals surface area contributed by atoms with Crippen molar-refractivity contribution in [3.63, 3.8) is 0 Å². The van der Waals surface area contributed by atoms with Gasteiger partial charge in [0.15, 0.2) is 0 Å². The van der Waals surface area contributed by atoms with Crippen LogP contribution in [0.15, 0.2) is 11.1 Å². The van der Waals surface area contributed by atoms with E-state index >= 15 is 0 Å². The Hall–Kier alpha value is -1.12. The highest BCUT2D eigenvalue weighted by molar-refractivity contribution is 5.96. The minimum absolute atomic E-state index is 0.160. The zero-order chi connectivity index (χ0) is 14.9. The Kier molecular flexibility index (Phi) is 2.74. The maximum absolute atomic E-state index is 12.9. The number of hydrogen-bond acceptors (Lipinski definition) is 3. The Bertz CT molecular complexity index is 528. The van der Waals surface area contributed by atoms with Crippen molar-refractivity contribution in [2.45, 2.75) is 47.0 Å². The number of carbonyl (C=O) groups is 2. The summed E-state index contributed by atoms with van der Waals surface area (Å²) in [5.74, 6) is 0.752. The second-order valence-corrected chi connectivity index (χ2v) is 7.60. The monoisotopic (exact) mass is 276 g/mol. The Balaban J connectivity index is 2.08. The highest BCUT2D eigenvalue weighted by atomic mass is 16.5. The summed E-state index contributed by atoms with van der Waals surface area (Å²) in [6.45, 7) is 8.35. The first-order valence-electron chi connectivity index (χ1n) is 7.54. The Morgan fingerprint density at radius 2 is 1.95 bits per heavy atom. The predicted molar refractivity (Wildman–Crippen MR) is 75.9 cm³/mol. The minimum Gasteiger partial charge on any atom is -0.469 e. The first-order valence-corrected chi connectivity index (χ1v) is 7.54. The third-order valence-corrected chi connectivity index (χ3v) is 6.39. The molecule has 3 unspecified atom stereocenters. The number of rotatable bonds is 1.